The summed E-state index contributed by atoms with van der Waals surface area (Å²) >= 11 is 6.93. The zero-order valence-electron chi connectivity index (χ0n) is 16.3. The van der Waals surface area contributed by atoms with Gasteiger partial charge in [-0.15, -0.1) is 11.6 Å². The molecule has 2 nitrogen and oxygen atoms in total. The standard InChI is InChI=1S/C24H28ClNO/c1-17-12-21-15-24(25,23(27)22(21)13-18(17)2)14-19-8-10-26(11-9-19)16-20-6-4-3-5-7-20/h3-7,12-13,19H,8-11,14-16H2,1-2H3. The Morgan fingerprint density at radius 3 is 2.44 bits per heavy atom. The molecule has 1 aliphatic heterocycles. The first-order chi connectivity index (χ1) is 12.9. The van der Waals surface area contributed by atoms with Crippen molar-refractivity contribution in [3.8, 4) is 0 Å². The lowest BCUT2D eigenvalue weighted by Crippen LogP contribution is -2.38. The second kappa shape index (κ2) is 7.41. The summed E-state index contributed by atoms with van der Waals surface area (Å²) in [5.41, 5.74) is 5.79. The second-order valence-corrected chi connectivity index (χ2v) is 9.20. The summed E-state index contributed by atoms with van der Waals surface area (Å²) < 4.78 is 0. The van der Waals surface area contributed by atoms with E-state index < -0.39 is 4.87 Å². The molecule has 1 unspecified atom stereocenters. The summed E-state index contributed by atoms with van der Waals surface area (Å²) in [5.74, 6) is 0.684. The van der Waals surface area contributed by atoms with Crippen LogP contribution in [0.2, 0.25) is 0 Å². The van der Waals surface area contributed by atoms with Crippen molar-refractivity contribution in [3.05, 3.63) is 70.3 Å². The Morgan fingerprint density at radius 2 is 1.74 bits per heavy atom. The normalized spacial score (nSPS) is 23.6. The lowest BCUT2D eigenvalue weighted by Gasteiger charge is -2.34. The monoisotopic (exact) mass is 381 g/mol. The molecule has 0 N–H and O–H groups in total. The summed E-state index contributed by atoms with van der Waals surface area (Å²) in [6, 6.07) is 14.9. The van der Waals surface area contributed by atoms with Crippen molar-refractivity contribution in [3.63, 3.8) is 0 Å². The van der Waals surface area contributed by atoms with Gasteiger partial charge in [-0.05, 0) is 86.9 Å². The maximum absolute atomic E-state index is 13.0. The Morgan fingerprint density at radius 1 is 1.07 bits per heavy atom. The van der Waals surface area contributed by atoms with E-state index in [4.69, 9.17) is 11.6 Å². The molecule has 0 saturated carbocycles. The Kier molecular flexibility index (Phi) is 5.13. The summed E-state index contributed by atoms with van der Waals surface area (Å²) in [6.07, 6.45) is 3.75. The number of halogens is 1. The number of nitrogens with zero attached hydrogens (tertiary/aromatic N) is 1. The van der Waals surface area contributed by atoms with Gasteiger partial charge in [0.2, 0.25) is 0 Å². The molecule has 2 aromatic carbocycles. The highest BCUT2D eigenvalue weighted by molar-refractivity contribution is 6.39. The Hall–Kier alpha value is -1.64. The SMILES string of the molecule is Cc1cc2c(cc1C)C(=O)C(Cl)(CC1CCN(Cc3ccccc3)CC1)C2. The molecule has 0 bridgehead atoms. The molecule has 1 atom stereocenters. The van der Waals surface area contributed by atoms with Crippen LogP contribution in [-0.2, 0) is 13.0 Å². The summed E-state index contributed by atoms with van der Waals surface area (Å²) in [6.45, 7) is 7.37. The molecule has 1 fully saturated rings. The fourth-order valence-electron chi connectivity index (χ4n) is 4.67. The van der Waals surface area contributed by atoms with Gasteiger partial charge in [-0.25, -0.2) is 0 Å². The molecule has 2 aliphatic rings. The van der Waals surface area contributed by atoms with E-state index >= 15 is 0 Å². The van der Waals surface area contributed by atoms with Gasteiger partial charge in [0.25, 0.3) is 0 Å². The average Bonchev–Trinajstić information content (AvgIpc) is 2.88. The first-order valence-corrected chi connectivity index (χ1v) is 10.4. The van der Waals surface area contributed by atoms with E-state index in [1.807, 2.05) is 6.07 Å². The Labute approximate surface area is 167 Å². The minimum Gasteiger partial charge on any atom is -0.299 e. The van der Waals surface area contributed by atoms with Gasteiger partial charge >= 0.3 is 0 Å². The maximum Gasteiger partial charge on any atom is 0.184 e. The summed E-state index contributed by atoms with van der Waals surface area (Å²) in [5, 5.41) is 0. The van der Waals surface area contributed by atoms with Crippen LogP contribution >= 0.6 is 11.6 Å². The Bertz CT molecular complexity index is 839. The zero-order chi connectivity index (χ0) is 19.0. The molecule has 1 heterocycles. The smallest absolute Gasteiger partial charge is 0.184 e. The van der Waals surface area contributed by atoms with Gasteiger partial charge in [0, 0.05) is 12.1 Å². The molecular weight excluding hydrogens is 354 g/mol. The molecule has 2 aromatic rings. The number of carbonyl (C=O) groups excluding carboxylic acids is 1. The van der Waals surface area contributed by atoms with Gasteiger partial charge < -0.3 is 0 Å². The van der Waals surface area contributed by atoms with Crippen LogP contribution in [0.25, 0.3) is 0 Å². The van der Waals surface area contributed by atoms with Crippen LogP contribution in [0.1, 0.15) is 51.9 Å². The van der Waals surface area contributed by atoms with Gasteiger partial charge in [-0.1, -0.05) is 36.4 Å². The van der Waals surface area contributed by atoms with Crippen LogP contribution in [0, 0.1) is 19.8 Å². The fraction of sp³-hybridized carbons (Fsp3) is 0.458. The highest BCUT2D eigenvalue weighted by Gasteiger charge is 2.45. The third-order valence-corrected chi connectivity index (χ3v) is 6.87. The van der Waals surface area contributed by atoms with Crippen molar-refractivity contribution in [2.24, 2.45) is 5.92 Å². The number of ketones is 1. The first kappa shape index (κ1) is 18.7. The minimum absolute atomic E-state index is 0.147. The van der Waals surface area contributed by atoms with Gasteiger partial charge in [-0.3, -0.25) is 9.69 Å². The van der Waals surface area contributed by atoms with Gasteiger partial charge in [-0.2, -0.15) is 0 Å². The number of Topliss-reactive ketones (excluding diaryl/α,β-unsaturated/α-hetero) is 1. The van der Waals surface area contributed by atoms with Crippen LogP contribution in [0.4, 0.5) is 0 Å². The molecule has 0 aromatic heterocycles. The third-order valence-electron chi connectivity index (χ3n) is 6.41. The lowest BCUT2D eigenvalue weighted by atomic mass is 9.84. The van der Waals surface area contributed by atoms with Crippen LogP contribution < -0.4 is 0 Å². The molecule has 0 radical (unpaired) electrons. The number of carbonyl (C=O) groups is 1. The van der Waals surface area contributed by atoms with E-state index in [1.165, 1.54) is 16.7 Å². The van der Waals surface area contributed by atoms with Gasteiger partial charge in [0.1, 0.15) is 4.87 Å². The van der Waals surface area contributed by atoms with Gasteiger partial charge in [0.05, 0.1) is 0 Å². The maximum atomic E-state index is 13.0. The number of piperidine rings is 1. The lowest BCUT2D eigenvalue weighted by molar-refractivity contribution is 0.0919. The van der Waals surface area contributed by atoms with E-state index in [-0.39, 0.29) is 5.78 Å². The minimum atomic E-state index is -0.727. The van der Waals surface area contributed by atoms with Crippen LogP contribution in [0.3, 0.4) is 0 Å². The molecular formula is C24H28ClNO. The van der Waals surface area contributed by atoms with E-state index in [9.17, 15) is 4.79 Å². The van der Waals surface area contributed by atoms with Gasteiger partial charge in [0.15, 0.2) is 5.78 Å². The molecule has 0 spiro atoms. The van der Waals surface area contributed by atoms with E-state index in [2.05, 4.69) is 55.1 Å². The number of likely N-dealkylation sites (tertiary alicyclic amines) is 1. The van der Waals surface area contributed by atoms with Crippen LogP contribution in [0.5, 0.6) is 0 Å². The Balaban J connectivity index is 1.37. The van der Waals surface area contributed by atoms with E-state index in [1.54, 1.807) is 0 Å². The predicted molar refractivity (Wildman–Crippen MR) is 112 cm³/mol. The fourth-order valence-corrected chi connectivity index (χ4v) is 5.13. The van der Waals surface area contributed by atoms with Crippen molar-refractivity contribution < 1.29 is 4.79 Å². The molecule has 27 heavy (non-hydrogen) atoms. The molecule has 4 rings (SSSR count). The number of aryl methyl sites for hydroxylation is 2. The molecule has 142 valence electrons. The van der Waals surface area contributed by atoms with Crippen molar-refractivity contribution in [2.45, 2.75) is 50.9 Å². The number of alkyl halides is 1. The molecule has 3 heteroatoms. The summed E-state index contributed by atoms with van der Waals surface area (Å²) in [7, 11) is 0. The highest BCUT2D eigenvalue weighted by atomic mass is 35.5. The number of hydrogen-bond donors (Lipinski definition) is 0. The number of hydrogen-bond acceptors (Lipinski definition) is 2. The van der Waals surface area contributed by atoms with E-state index in [0.29, 0.717) is 12.3 Å². The number of benzene rings is 2. The first-order valence-electron chi connectivity index (χ1n) is 10.0. The van der Waals surface area contributed by atoms with Crippen LogP contribution in [0.15, 0.2) is 42.5 Å². The molecule has 0 amide bonds. The topological polar surface area (TPSA) is 20.3 Å². The average molecular weight is 382 g/mol. The van der Waals surface area contributed by atoms with Crippen molar-refractivity contribution in [1.29, 1.82) is 0 Å². The molecule has 1 aliphatic carbocycles. The molecule has 1 saturated heterocycles. The zero-order valence-corrected chi connectivity index (χ0v) is 17.1. The van der Waals surface area contributed by atoms with E-state index in [0.717, 1.165) is 50.0 Å². The predicted octanol–water partition coefficient (Wildman–Crippen LogP) is 5.32. The van der Waals surface area contributed by atoms with Crippen molar-refractivity contribution >= 4 is 17.4 Å². The number of rotatable bonds is 4. The number of fused-ring (bicyclic) bond motifs is 1. The van der Waals surface area contributed by atoms with Crippen LogP contribution in [-0.4, -0.2) is 28.6 Å². The van der Waals surface area contributed by atoms with Crippen molar-refractivity contribution in [1.82, 2.24) is 4.90 Å². The highest BCUT2D eigenvalue weighted by Crippen LogP contribution is 2.42. The third kappa shape index (κ3) is 3.83. The quantitative estimate of drug-likeness (QED) is 0.668. The largest absolute Gasteiger partial charge is 0.299 e. The second-order valence-electron chi connectivity index (χ2n) is 8.47. The summed E-state index contributed by atoms with van der Waals surface area (Å²) in [4.78, 5) is 14.8. The van der Waals surface area contributed by atoms with Crippen molar-refractivity contribution in [2.75, 3.05) is 13.1 Å².